The average Bonchev–Trinajstić information content (AvgIpc) is 2.51. The Balaban J connectivity index is 2.28. The highest BCUT2D eigenvalue weighted by Gasteiger charge is 2.44. The summed E-state index contributed by atoms with van der Waals surface area (Å²) in [6.07, 6.45) is 9.14. The lowest BCUT2D eigenvalue weighted by atomic mass is 9.74. The molecule has 0 fully saturated rings. The molecule has 0 saturated heterocycles. The van der Waals surface area contributed by atoms with E-state index in [2.05, 4.69) is 63.3 Å². The van der Waals surface area contributed by atoms with Gasteiger partial charge in [-0.3, -0.25) is 0 Å². The first kappa shape index (κ1) is 9.89. The Morgan fingerprint density at radius 2 is 1.81 bits per heavy atom. The van der Waals surface area contributed by atoms with E-state index in [4.69, 9.17) is 0 Å². The lowest BCUT2D eigenvalue weighted by Gasteiger charge is -2.29. The van der Waals surface area contributed by atoms with Crippen molar-refractivity contribution in [1.29, 1.82) is 0 Å². The third kappa shape index (κ3) is 1.10. The van der Waals surface area contributed by atoms with Crippen LogP contribution < -0.4 is 0 Å². The number of hydrogen-bond donors (Lipinski definition) is 0. The van der Waals surface area contributed by atoms with Gasteiger partial charge in [0.2, 0.25) is 0 Å². The standard InChI is InChI=1S/C16H18/c1-11-7-6-10-14-15(11)12-8-4-5-9-13(12)16(14,2)3/h4-10,12-13H,1-3H3. The predicted molar refractivity (Wildman–Crippen MR) is 68.7 cm³/mol. The van der Waals surface area contributed by atoms with Gasteiger partial charge in [-0.2, -0.15) is 0 Å². The maximum atomic E-state index is 2.38. The molecule has 0 aliphatic heterocycles. The van der Waals surface area contributed by atoms with Crippen molar-refractivity contribution in [2.45, 2.75) is 32.1 Å². The van der Waals surface area contributed by atoms with Gasteiger partial charge in [-0.25, -0.2) is 0 Å². The molecule has 0 spiro atoms. The SMILES string of the molecule is Cc1cccc2c1C1C=CC=CC1C2(C)C. The van der Waals surface area contributed by atoms with Crippen molar-refractivity contribution in [3.05, 3.63) is 59.2 Å². The summed E-state index contributed by atoms with van der Waals surface area (Å²) in [6.45, 7) is 6.99. The zero-order valence-electron chi connectivity index (χ0n) is 10.2. The van der Waals surface area contributed by atoms with Crippen LogP contribution in [0.2, 0.25) is 0 Å². The highest BCUT2D eigenvalue weighted by Crippen LogP contribution is 2.53. The summed E-state index contributed by atoms with van der Waals surface area (Å²) in [5.41, 5.74) is 4.82. The molecule has 0 nitrogen and oxygen atoms in total. The van der Waals surface area contributed by atoms with E-state index in [1.54, 1.807) is 11.1 Å². The molecule has 0 aromatic heterocycles. The molecule has 2 aliphatic carbocycles. The second kappa shape index (κ2) is 3.10. The van der Waals surface area contributed by atoms with Gasteiger partial charge in [0.1, 0.15) is 0 Å². The van der Waals surface area contributed by atoms with Crippen molar-refractivity contribution in [3.8, 4) is 0 Å². The van der Waals surface area contributed by atoms with Gasteiger partial charge in [0.25, 0.3) is 0 Å². The number of fused-ring (bicyclic) bond motifs is 3. The van der Waals surface area contributed by atoms with Gasteiger partial charge in [0, 0.05) is 5.92 Å². The van der Waals surface area contributed by atoms with Crippen LogP contribution in [0, 0.1) is 12.8 Å². The lowest BCUT2D eigenvalue weighted by Crippen LogP contribution is -2.24. The Morgan fingerprint density at radius 1 is 1.06 bits per heavy atom. The predicted octanol–water partition coefficient (Wildman–Crippen LogP) is 4.11. The van der Waals surface area contributed by atoms with Crippen molar-refractivity contribution < 1.29 is 0 Å². The first-order valence-electron chi connectivity index (χ1n) is 6.07. The van der Waals surface area contributed by atoms with Crippen molar-refractivity contribution in [3.63, 3.8) is 0 Å². The molecule has 0 amide bonds. The summed E-state index contributed by atoms with van der Waals surface area (Å²) in [6, 6.07) is 6.74. The first-order valence-corrected chi connectivity index (χ1v) is 6.07. The molecule has 0 saturated carbocycles. The van der Waals surface area contributed by atoms with E-state index in [9.17, 15) is 0 Å². The quantitative estimate of drug-likeness (QED) is 0.604. The third-order valence-electron chi connectivity index (χ3n) is 4.32. The molecule has 1 aromatic carbocycles. The Bertz CT molecular complexity index is 489. The second-order valence-corrected chi connectivity index (χ2v) is 5.58. The number of hydrogen-bond acceptors (Lipinski definition) is 0. The number of aryl methyl sites for hydroxylation is 1. The van der Waals surface area contributed by atoms with Crippen LogP contribution in [0.15, 0.2) is 42.5 Å². The third-order valence-corrected chi connectivity index (χ3v) is 4.32. The van der Waals surface area contributed by atoms with E-state index < -0.39 is 0 Å². The summed E-state index contributed by atoms with van der Waals surface area (Å²) in [7, 11) is 0. The Morgan fingerprint density at radius 3 is 2.62 bits per heavy atom. The molecule has 16 heavy (non-hydrogen) atoms. The average molecular weight is 210 g/mol. The molecule has 0 radical (unpaired) electrons. The van der Waals surface area contributed by atoms with Crippen molar-refractivity contribution in [1.82, 2.24) is 0 Å². The molecular formula is C16H18. The molecule has 0 heterocycles. The van der Waals surface area contributed by atoms with Crippen molar-refractivity contribution >= 4 is 0 Å². The minimum atomic E-state index is 0.271. The van der Waals surface area contributed by atoms with Crippen molar-refractivity contribution in [2.24, 2.45) is 5.92 Å². The maximum Gasteiger partial charge on any atom is 0.00979 e. The van der Waals surface area contributed by atoms with E-state index in [1.807, 2.05) is 0 Å². The number of allylic oxidation sites excluding steroid dienone is 4. The molecule has 2 aliphatic rings. The summed E-state index contributed by atoms with van der Waals surface area (Å²) < 4.78 is 0. The van der Waals surface area contributed by atoms with E-state index >= 15 is 0 Å². The molecule has 82 valence electrons. The van der Waals surface area contributed by atoms with Crippen molar-refractivity contribution in [2.75, 3.05) is 0 Å². The largest absolute Gasteiger partial charge is 0.0796 e. The maximum absolute atomic E-state index is 2.38. The van der Waals surface area contributed by atoms with Crippen LogP contribution in [0.1, 0.15) is 36.5 Å². The molecule has 2 unspecified atom stereocenters. The molecule has 0 heteroatoms. The van der Waals surface area contributed by atoms with E-state index in [0.717, 1.165) is 0 Å². The fourth-order valence-corrected chi connectivity index (χ4v) is 3.44. The Kier molecular flexibility index (Phi) is 1.92. The van der Waals surface area contributed by atoms with Gasteiger partial charge >= 0.3 is 0 Å². The monoisotopic (exact) mass is 210 g/mol. The van der Waals surface area contributed by atoms with Crippen LogP contribution in [0.4, 0.5) is 0 Å². The number of rotatable bonds is 0. The zero-order chi connectivity index (χ0) is 11.3. The van der Waals surface area contributed by atoms with E-state index in [1.165, 1.54) is 5.56 Å². The topological polar surface area (TPSA) is 0 Å². The Hall–Kier alpha value is -1.30. The van der Waals surface area contributed by atoms with Gasteiger partial charge < -0.3 is 0 Å². The van der Waals surface area contributed by atoms with Gasteiger partial charge in [-0.15, -0.1) is 0 Å². The zero-order valence-corrected chi connectivity index (χ0v) is 10.2. The van der Waals surface area contributed by atoms with Gasteiger partial charge in [0.05, 0.1) is 0 Å². The lowest BCUT2D eigenvalue weighted by molar-refractivity contribution is 0.394. The normalized spacial score (nSPS) is 28.9. The molecular weight excluding hydrogens is 192 g/mol. The fourth-order valence-electron chi connectivity index (χ4n) is 3.44. The van der Waals surface area contributed by atoms with Gasteiger partial charge in [-0.05, 0) is 34.9 Å². The summed E-state index contributed by atoms with van der Waals surface area (Å²) in [5.74, 6) is 1.23. The van der Waals surface area contributed by atoms with Gasteiger partial charge in [0.15, 0.2) is 0 Å². The minimum absolute atomic E-state index is 0.271. The molecule has 0 bridgehead atoms. The van der Waals surface area contributed by atoms with Crippen LogP contribution >= 0.6 is 0 Å². The highest BCUT2D eigenvalue weighted by atomic mass is 14.5. The highest BCUT2D eigenvalue weighted by molar-refractivity contribution is 5.52. The Labute approximate surface area is 97.7 Å². The minimum Gasteiger partial charge on any atom is -0.0796 e. The molecule has 2 atom stereocenters. The molecule has 1 aromatic rings. The molecule has 0 N–H and O–H groups in total. The second-order valence-electron chi connectivity index (χ2n) is 5.58. The van der Waals surface area contributed by atoms with E-state index in [0.29, 0.717) is 11.8 Å². The summed E-state index contributed by atoms with van der Waals surface area (Å²) >= 11 is 0. The smallest absolute Gasteiger partial charge is 0.00979 e. The van der Waals surface area contributed by atoms with Crippen LogP contribution in [0.5, 0.6) is 0 Å². The molecule has 3 rings (SSSR count). The summed E-state index contributed by atoms with van der Waals surface area (Å²) in [5, 5.41) is 0. The van der Waals surface area contributed by atoms with Crippen LogP contribution in [-0.4, -0.2) is 0 Å². The van der Waals surface area contributed by atoms with Gasteiger partial charge in [-0.1, -0.05) is 56.4 Å². The number of benzene rings is 1. The fraction of sp³-hybridized carbons (Fsp3) is 0.375. The first-order chi connectivity index (χ1) is 7.62. The summed E-state index contributed by atoms with van der Waals surface area (Å²) in [4.78, 5) is 0. The van der Waals surface area contributed by atoms with E-state index in [-0.39, 0.29) is 5.41 Å². The van der Waals surface area contributed by atoms with Crippen LogP contribution in [-0.2, 0) is 5.41 Å². The van der Waals surface area contributed by atoms with Crippen LogP contribution in [0.3, 0.4) is 0 Å². The van der Waals surface area contributed by atoms with Crippen LogP contribution in [0.25, 0.3) is 0 Å².